The standard InChI is InChI=1S/C13H12N4O3/c18-13-10-5-6-14-7-11(10)15-12(16-13)8-1-3-9(4-2-8)17(19)20/h1-4,14H,5-7H2,(H,15,16,18). The summed E-state index contributed by atoms with van der Waals surface area (Å²) in [6.07, 6.45) is 0.665. The molecule has 2 aromatic rings. The molecule has 0 radical (unpaired) electrons. The van der Waals surface area contributed by atoms with Crippen LogP contribution in [0, 0.1) is 10.1 Å². The van der Waals surface area contributed by atoms with E-state index in [4.69, 9.17) is 0 Å². The van der Waals surface area contributed by atoms with E-state index in [9.17, 15) is 14.9 Å². The van der Waals surface area contributed by atoms with E-state index in [0.29, 0.717) is 24.4 Å². The lowest BCUT2D eigenvalue weighted by Crippen LogP contribution is -2.31. The molecule has 0 atom stereocenters. The number of benzene rings is 1. The van der Waals surface area contributed by atoms with Gasteiger partial charge in [0.1, 0.15) is 5.82 Å². The molecule has 1 aromatic heterocycles. The van der Waals surface area contributed by atoms with Gasteiger partial charge in [-0.2, -0.15) is 0 Å². The molecule has 0 fully saturated rings. The van der Waals surface area contributed by atoms with Crippen LogP contribution in [0.3, 0.4) is 0 Å². The summed E-state index contributed by atoms with van der Waals surface area (Å²) >= 11 is 0. The van der Waals surface area contributed by atoms with Crippen LogP contribution in [0.1, 0.15) is 11.3 Å². The second-order valence-corrected chi connectivity index (χ2v) is 4.57. The maximum absolute atomic E-state index is 12.0. The van der Waals surface area contributed by atoms with Gasteiger partial charge in [-0.25, -0.2) is 4.98 Å². The third-order valence-electron chi connectivity index (χ3n) is 3.30. The third kappa shape index (κ3) is 2.19. The molecule has 1 aliphatic heterocycles. The van der Waals surface area contributed by atoms with Gasteiger partial charge in [0, 0.05) is 29.8 Å². The summed E-state index contributed by atoms with van der Waals surface area (Å²) in [4.78, 5) is 29.3. The third-order valence-corrected chi connectivity index (χ3v) is 3.30. The molecule has 7 heteroatoms. The first-order valence-electron chi connectivity index (χ1n) is 6.23. The van der Waals surface area contributed by atoms with Crippen molar-refractivity contribution in [3.05, 3.63) is 56.0 Å². The van der Waals surface area contributed by atoms with Gasteiger partial charge in [-0.15, -0.1) is 0 Å². The Kier molecular flexibility index (Phi) is 3.03. The highest BCUT2D eigenvalue weighted by Crippen LogP contribution is 2.19. The van der Waals surface area contributed by atoms with Gasteiger partial charge < -0.3 is 10.3 Å². The normalized spacial score (nSPS) is 13.8. The van der Waals surface area contributed by atoms with Gasteiger partial charge in [-0.3, -0.25) is 14.9 Å². The Labute approximate surface area is 113 Å². The molecule has 0 amide bonds. The van der Waals surface area contributed by atoms with Crippen molar-refractivity contribution in [1.82, 2.24) is 15.3 Å². The van der Waals surface area contributed by atoms with Crippen LogP contribution in [-0.2, 0) is 13.0 Å². The van der Waals surface area contributed by atoms with Crippen LogP contribution in [0.15, 0.2) is 29.1 Å². The number of H-pyrrole nitrogens is 1. The quantitative estimate of drug-likeness (QED) is 0.627. The number of nitrogens with zero attached hydrogens (tertiary/aromatic N) is 2. The second-order valence-electron chi connectivity index (χ2n) is 4.57. The molecule has 0 saturated heterocycles. The molecule has 7 nitrogen and oxygen atoms in total. The van der Waals surface area contributed by atoms with Gasteiger partial charge in [0.2, 0.25) is 0 Å². The molecule has 0 aliphatic carbocycles. The highest BCUT2D eigenvalue weighted by Gasteiger charge is 2.16. The number of nitrogens with one attached hydrogen (secondary N) is 2. The van der Waals surface area contributed by atoms with E-state index in [2.05, 4.69) is 15.3 Å². The lowest BCUT2D eigenvalue weighted by atomic mass is 10.1. The van der Waals surface area contributed by atoms with Gasteiger partial charge in [-0.1, -0.05) is 0 Å². The average molecular weight is 272 g/mol. The zero-order valence-corrected chi connectivity index (χ0v) is 10.5. The zero-order chi connectivity index (χ0) is 14.1. The summed E-state index contributed by atoms with van der Waals surface area (Å²) < 4.78 is 0. The van der Waals surface area contributed by atoms with E-state index < -0.39 is 4.92 Å². The molecule has 2 heterocycles. The Morgan fingerprint density at radius 2 is 2.00 bits per heavy atom. The fraction of sp³-hybridized carbons (Fsp3) is 0.231. The number of rotatable bonds is 2. The number of nitro benzene ring substituents is 1. The van der Waals surface area contributed by atoms with Crippen LogP contribution in [0.2, 0.25) is 0 Å². The minimum atomic E-state index is -0.462. The molecular weight excluding hydrogens is 260 g/mol. The molecule has 2 N–H and O–H groups in total. The Morgan fingerprint density at radius 3 is 2.70 bits per heavy atom. The van der Waals surface area contributed by atoms with Crippen molar-refractivity contribution < 1.29 is 4.92 Å². The summed E-state index contributed by atoms with van der Waals surface area (Å²) in [7, 11) is 0. The van der Waals surface area contributed by atoms with Gasteiger partial charge >= 0.3 is 0 Å². The number of hydrogen-bond acceptors (Lipinski definition) is 5. The Morgan fingerprint density at radius 1 is 1.25 bits per heavy atom. The summed E-state index contributed by atoms with van der Waals surface area (Å²) in [6.45, 7) is 1.34. The number of aromatic amines is 1. The Balaban J connectivity index is 2.04. The topological polar surface area (TPSA) is 101 Å². The van der Waals surface area contributed by atoms with Crippen LogP contribution < -0.4 is 10.9 Å². The Bertz CT molecular complexity index is 721. The smallest absolute Gasteiger partial charge is 0.269 e. The van der Waals surface area contributed by atoms with Crippen molar-refractivity contribution in [3.8, 4) is 11.4 Å². The highest BCUT2D eigenvalue weighted by atomic mass is 16.6. The molecule has 0 saturated carbocycles. The van der Waals surface area contributed by atoms with Crippen LogP contribution in [0.25, 0.3) is 11.4 Å². The van der Waals surface area contributed by atoms with Crippen LogP contribution in [0.5, 0.6) is 0 Å². The van der Waals surface area contributed by atoms with E-state index >= 15 is 0 Å². The second kappa shape index (κ2) is 4.86. The predicted octanol–water partition coefficient (Wildman–Crippen LogP) is 0.991. The van der Waals surface area contributed by atoms with Gasteiger partial charge in [0.05, 0.1) is 10.6 Å². The lowest BCUT2D eigenvalue weighted by Gasteiger charge is -2.15. The number of non-ortho nitro benzene ring substituents is 1. The SMILES string of the molecule is O=c1[nH]c(-c2ccc([N+](=O)[O-])cc2)nc2c1CCNC2. The maximum Gasteiger partial charge on any atom is 0.269 e. The zero-order valence-electron chi connectivity index (χ0n) is 10.5. The number of fused-ring (bicyclic) bond motifs is 1. The number of hydrogen-bond donors (Lipinski definition) is 2. The van der Waals surface area contributed by atoms with Crippen molar-refractivity contribution in [1.29, 1.82) is 0 Å². The first kappa shape index (κ1) is 12.5. The Hall–Kier alpha value is -2.54. The van der Waals surface area contributed by atoms with E-state index in [-0.39, 0.29) is 11.2 Å². The van der Waals surface area contributed by atoms with Crippen molar-refractivity contribution in [2.24, 2.45) is 0 Å². The fourth-order valence-corrected chi connectivity index (χ4v) is 2.25. The summed E-state index contributed by atoms with van der Waals surface area (Å²) in [5, 5.41) is 13.8. The van der Waals surface area contributed by atoms with E-state index in [0.717, 1.165) is 17.8 Å². The van der Waals surface area contributed by atoms with Crippen LogP contribution >= 0.6 is 0 Å². The molecule has 1 aliphatic rings. The van der Waals surface area contributed by atoms with E-state index in [1.54, 1.807) is 12.1 Å². The molecule has 0 spiro atoms. The average Bonchev–Trinajstić information content (AvgIpc) is 2.47. The van der Waals surface area contributed by atoms with E-state index in [1.807, 2.05) is 0 Å². The molecule has 3 rings (SSSR count). The molecule has 102 valence electrons. The molecule has 1 aromatic carbocycles. The number of nitro groups is 1. The van der Waals surface area contributed by atoms with Crippen molar-refractivity contribution in [2.75, 3.05) is 6.54 Å². The molecule has 0 unspecified atom stereocenters. The highest BCUT2D eigenvalue weighted by molar-refractivity contribution is 5.57. The first-order valence-corrected chi connectivity index (χ1v) is 6.23. The predicted molar refractivity (Wildman–Crippen MR) is 72.4 cm³/mol. The molecule has 20 heavy (non-hydrogen) atoms. The lowest BCUT2D eigenvalue weighted by molar-refractivity contribution is -0.384. The molecule has 0 bridgehead atoms. The largest absolute Gasteiger partial charge is 0.311 e. The van der Waals surface area contributed by atoms with Crippen LogP contribution in [0.4, 0.5) is 5.69 Å². The minimum Gasteiger partial charge on any atom is -0.311 e. The van der Waals surface area contributed by atoms with Crippen molar-refractivity contribution >= 4 is 5.69 Å². The fourth-order valence-electron chi connectivity index (χ4n) is 2.25. The first-order chi connectivity index (χ1) is 9.65. The van der Waals surface area contributed by atoms with Crippen molar-refractivity contribution in [2.45, 2.75) is 13.0 Å². The van der Waals surface area contributed by atoms with Gasteiger partial charge in [0.15, 0.2) is 0 Å². The van der Waals surface area contributed by atoms with E-state index in [1.165, 1.54) is 12.1 Å². The van der Waals surface area contributed by atoms with Gasteiger partial charge in [0.25, 0.3) is 11.2 Å². The minimum absolute atomic E-state index is 0.00993. The maximum atomic E-state index is 12.0. The molecular formula is C13H12N4O3. The summed E-state index contributed by atoms with van der Waals surface area (Å²) in [5.41, 5.74) is 1.99. The summed E-state index contributed by atoms with van der Waals surface area (Å²) in [6, 6.07) is 5.96. The number of aromatic nitrogens is 2. The summed E-state index contributed by atoms with van der Waals surface area (Å²) in [5.74, 6) is 0.437. The van der Waals surface area contributed by atoms with Crippen LogP contribution in [-0.4, -0.2) is 21.4 Å². The van der Waals surface area contributed by atoms with Crippen molar-refractivity contribution in [3.63, 3.8) is 0 Å². The monoisotopic (exact) mass is 272 g/mol. The van der Waals surface area contributed by atoms with Gasteiger partial charge in [-0.05, 0) is 25.1 Å².